The molecule has 0 aliphatic rings. The number of sulfonamides is 1. The summed E-state index contributed by atoms with van der Waals surface area (Å²) < 4.78 is 27.9. The van der Waals surface area contributed by atoms with Crippen molar-refractivity contribution in [2.75, 3.05) is 5.73 Å². The van der Waals surface area contributed by atoms with Crippen LogP contribution in [0.3, 0.4) is 0 Å². The fourth-order valence-corrected chi connectivity index (χ4v) is 4.32. The quantitative estimate of drug-likeness (QED) is 0.634. The highest BCUT2D eigenvalue weighted by Crippen LogP contribution is 2.18. The number of carbonyl (C=O) groups is 1. The zero-order valence-corrected chi connectivity index (χ0v) is 16.8. The number of amides is 1. The van der Waals surface area contributed by atoms with Gasteiger partial charge in [0.05, 0.1) is 4.90 Å². The molecule has 0 radical (unpaired) electrons. The standard InChI is InChI=1S/C20H27N3O3S/c1-20(2,3)23-27(25,26)18-11-7-5-9-16(18)14-22-19(24)13-12-15-8-4-6-10-17(15)21/h4-11,23H,12-14,21H2,1-3H3,(H,22,24). The maximum atomic E-state index is 12.6. The third kappa shape index (κ3) is 6.37. The van der Waals surface area contributed by atoms with Crippen LogP contribution in [-0.4, -0.2) is 19.9 Å². The minimum atomic E-state index is -3.68. The Morgan fingerprint density at radius 2 is 1.59 bits per heavy atom. The average Bonchev–Trinajstić information content (AvgIpc) is 2.57. The van der Waals surface area contributed by atoms with Crippen molar-refractivity contribution in [2.24, 2.45) is 0 Å². The predicted molar refractivity (Wildman–Crippen MR) is 108 cm³/mol. The molecule has 0 aliphatic carbocycles. The maximum absolute atomic E-state index is 12.6. The Labute approximate surface area is 161 Å². The van der Waals surface area contributed by atoms with Crippen molar-refractivity contribution in [1.29, 1.82) is 0 Å². The van der Waals surface area contributed by atoms with E-state index in [1.54, 1.807) is 51.1 Å². The van der Waals surface area contributed by atoms with Gasteiger partial charge in [-0.15, -0.1) is 0 Å². The molecule has 0 bridgehead atoms. The molecule has 6 nitrogen and oxygen atoms in total. The molecule has 7 heteroatoms. The first-order chi connectivity index (χ1) is 12.6. The molecule has 0 spiro atoms. The highest BCUT2D eigenvalue weighted by atomic mass is 32.2. The van der Waals surface area contributed by atoms with Crippen molar-refractivity contribution in [3.8, 4) is 0 Å². The second-order valence-corrected chi connectivity index (χ2v) is 9.09. The highest BCUT2D eigenvalue weighted by Gasteiger charge is 2.24. The SMILES string of the molecule is CC(C)(C)NS(=O)(=O)c1ccccc1CNC(=O)CCc1ccccc1N. The number of hydrogen-bond acceptors (Lipinski definition) is 4. The molecule has 2 aromatic carbocycles. The summed E-state index contributed by atoms with van der Waals surface area (Å²) in [6.07, 6.45) is 0.813. The van der Waals surface area contributed by atoms with Crippen LogP contribution in [0.25, 0.3) is 0 Å². The Hall–Kier alpha value is -2.38. The molecule has 0 aromatic heterocycles. The minimum Gasteiger partial charge on any atom is -0.399 e. The van der Waals surface area contributed by atoms with E-state index in [4.69, 9.17) is 5.73 Å². The summed E-state index contributed by atoms with van der Waals surface area (Å²) in [7, 11) is -3.68. The summed E-state index contributed by atoms with van der Waals surface area (Å²) >= 11 is 0. The van der Waals surface area contributed by atoms with Crippen LogP contribution in [-0.2, 0) is 27.8 Å². The first-order valence-electron chi connectivity index (χ1n) is 8.80. The van der Waals surface area contributed by atoms with Gasteiger partial charge < -0.3 is 11.1 Å². The van der Waals surface area contributed by atoms with E-state index in [9.17, 15) is 13.2 Å². The summed E-state index contributed by atoms with van der Waals surface area (Å²) in [5.74, 6) is -0.158. The van der Waals surface area contributed by atoms with E-state index in [0.717, 1.165) is 5.56 Å². The lowest BCUT2D eigenvalue weighted by molar-refractivity contribution is -0.121. The van der Waals surface area contributed by atoms with Gasteiger partial charge in [-0.25, -0.2) is 13.1 Å². The maximum Gasteiger partial charge on any atom is 0.241 e. The lowest BCUT2D eigenvalue weighted by atomic mass is 10.1. The smallest absolute Gasteiger partial charge is 0.241 e. The fourth-order valence-electron chi connectivity index (χ4n) is 2.66. The van der Waals surface area contributed by atoms with E-state index < -0.39 is 15.6 Å². The third-order valence-electron chi connectivity index (χ3n) is 3.86. The molecule has 146 valence electrons. The van der Waals surface area contributed by atoms with Crippen molar-refractivity contribution >= 4 is 21.6 Å². The Bertz CT molecular complexity index is 903. The van der Waals surface area contributed by atoms with E-state index in [1.165, 1.54) is 0 Å². The Morgan fingerprint density at radius 3 is 2.22 bits per heavy atom. The molecule has 0 atom stereocenters. The van der Waals surface area contributed by atoms with Crippen molar-refractivity contribution in [3.63, 3.8) is 0 Å². The van der Waals surface area contributed by atoms with Gasteiger partial charge in [0.25, 0.3) is 0 Å². The van der Waals surface area contributed by atoms with Gasteiger partial charge in [0.15, 0.2) is 0 Å². The molecule has 0 saturated heterocycles. The van der Waals surface area contributed by atoms with E-state index in [2.05, 4.69) is 10.0 Å². The molecule has 4 N–H and O–H groups in total. The van der Waals surface area contributed by atoms with Gasteiger partial charge in [0.1, 0.15) is 0 Å². The first kappa shape index (κ1) is 20.9. The summed E-state index contributed by atoms with van der Waals surface area (Å²) in [6, 6.07) is 14.1. The number of nitrogen functional groups attached to an aromatic ring is 1. The van der Waals surface area contributed by atoms with Crippen LogP contribution in [0, 0.1) is 0 Å². The van der Waals surface area contributed by atoms with Gasteiger partial charge >= 0.3 is 0 Å². The molecular formula is C20H27N3O3S. The zero-order valence-electron chi connectivity index (χ0n) is 16.0. The highest BCUT2D eigenvalue weighted by molar-refractivity contribution is 7.89. The topological polar surface area (TPSA) is 101 Å². The minimum absolute atomic E-state index is 0.143. The monoisotopic (exact) mass is 389 g/mol. The second kappa shape index (κ2) is 8.54. The van der Waals surface area contributed by atoms with Gasteiger partial charge in [-0.2, -0.15) is 0 Å². The van der Waals surface area contributed by atoms with Gasteiger partial charge in [-0.05, 0) is 50.5 Å². The third-order valence-corrected chi connectivity index (χ3v) is 5.71. The molecule has 0 unspecified atom stereocenters. The molecule has 0 aliphatic heterocycles. The molecule has 0 fully saturated rings. The van der Waals surface area contributed by atoms with Crippen molar-refractivity contribution in [1.82, 2.24) is 10.0 Å². The summed E-state index contributed by atoms with van der Waals surface area (Å²) in [5, 5.41) is 2.79. The van der Waals surface area contributed by atoms with Crippen LogP contribution >= 0.6 is 0 Å². The van der Waals surface area contributed by atoms with Gasteiger partial charge in [-0.1, -0.05) is 36.4 Å². The van der Waals surface area contributed by atoms with Crippen LogP contribution in [0.1, 0.15) is 38.3 Å². The number of aryl methyl sites for hydroxylation is 1. The van der Waals surface area contributed by atoms with E-state index >= 15 is 0 Å². The zero-order chi connectivity index (χ0) is 20.1. The average molecular weight is 390 g/mol. The Morgan fingerprint density at radius 1 is 1.00 bits per heavy atom. The number of carbonyl (C=O) groups excluding carboxylic acids is 1. The number of hydrogen-bond donors (Lipinski definition) is 3. The molecule has 1 amide bonds. The number of nitrogens with one attached hydrogen (secondary N) is 2. The summed E-state index contributed by atoms with van der Waals surface area (Å²) in [4.78, 5) is 12.3. The molecule has 0 saturated carbocycles. The fraction of sp³-hybridized carbons (Fsp3) is 0.350. The van der Waals surface area contributed by atoms with Crippen LogP contribution in [0.5, 0.6) is 0 Å². The number of anilines is 1. The lowest BCUT2D eigenvalue weighted by Gasteiger charge is -2.21. The summed E-state index contributed by atoms with van der Waals surface area (Å²) in [6.45, 7) is 5.49. The van der Waals surface area contributed by atoms with Gasteiger partial charge in [-0.3, -0.25) is 4.79 Å². The summed E-state index contributed by atoms with van der Waals surface area (Å²) in [5.41, 5.74) is 7.42. The second-order valence-electron chi connectivity index (χ2n) is 7.44. The number of rotatable bonds is 7. The van der Waals surface area contributed by atoms with Gasteiger partial charge in [0, 0.05) is 24.2 Å². The largest absolute Gasteiger partial charge is 0.399 e. The lowest BCUT2D eigenvalue weighted by Crippen LogP contribution is -2.41. The number of benzene rings is 2. The normalized spacial score (nSPS) is 12.0. The number of nitrogens with two attached hydrogens (primary N) is 1. The van der Waals surface area contributed by atoms with E-state index in [-0.39, 0.29) is 23.8 Å². The Balaban J connectivity index is 2.02. The number of para-hydroxylation sites is 1. The van der Waals surface area contributed by atoms with Crippen LogP contribution < -0.4 is 15.8 Å². The first-order valence-corrected chi connectivity index (χ1v) is 10.3. The van der Waals surface area contributed by atoms with Gasteiger partial charge in [0.2, 0.25) is 15.9 Å². The van der Waals surface area contributed by atoms with Crippen molar-refractivity contribution in [3.05, 3.63) is 59.7 Å². The molecule has 0 heterocycles. The molecule has 2 aromatic rings. The van der Waals surface area contributed by atoms with Crippen LogP contribution in [0.2, 0.25) is 0 Å². The van der Waals surface area contributed by atoms with Crippen LogP contribution in [0.4, 0.5) is 5.69 Å². The predicted octanol–water partition coefficient (Wildman–Crippen LogP) is 2.59. The molecule has 2 rings (SSSR count). The van der Waals surface area contributed by atoms with E-state index in [1.807, 2.05) is 18.2 Å². The molecular weight excluding hydrogens is 362 g/mol. The van der Waals surface area contributed by atoms with E-state index in [0.29, 0.717) is 17.7 Å². The van der Waals surface area contributed by atoms with Crippen molar-refractivity contribution in [2.45, 2.75) is 50.6 Å². The van der Waals surface area contributed by atoms with Crippen molar-refractivity contribution < 1.29 is 13.2 Å². The molecule has 27 heavy (non-hydrogen) atoms. The van der Waals surface area contributed by atoms with Crippen LogP contribution in [0.15, 0.2) is 53.4 Å². The Kier molecular flexibility index (Phi) is 6.62.